The van der Waals surface area contributed by atoms with Crippen molar-refractivity contribution in [1.82, 2.24) is 4.90 Å². The molecule has 1 aromatic rings. The van der Waals surface area contributed by atoms with Crippen LogP contribution in [0.15, 0.2) is 24.3 Å². The van der Waals surface area contributed by atoms with Crippen molar-refractivity contribution in [3.63, 3.8) is 0 Å². The first-order chi connectivity index (χ1) is 9.93. The maximum atomic E-state index is 12.5. The first-order valence-electron chi connectivity index (χ1n) is 6.73. The summed E-state index contributed by atoms with van der Waals surface area (Å²) in [6, 6.07) is 6.69. The summed E-state index contributed by atoms with van der Waals surface area (Å²) >= 11 is 0. The first-order valence-corrected chi connectivity index (χ1v) is 8.55. The summed E-state index contributed by atoms with van der Waals surface area (Å²) < 4.78 is 23.1. The highest BCUT2D eigenvalue weighted by Gasteiger charge is 2.31. The van der Waals surface area contributed by atoms with E-state index in [2.05, 4.69) is 11.8 Å². The van der Waals surface area contributed by atoms with E-state index in [1.807, 2.05) is 6.07 Å². The molecule has 2 rings (SSSR count). The number of rotatable bonds is 1. The van der Waals surface area contributed by atoms with Gasteiger partial charge in [-0.1, -0.05) is 17.9 Å². The minimum atomic E-state index is -3.03. The summed E-state index contributed by atoms with van der Waals surface area (Å²) in [5, 5.41) is 0. The number of sulfone groups is 1. The molecular weight excluding hydrogens is 288 g/mol. The smallest absolute Gasteiger partial charge is 0.254 e. The minimum Gasteiger partial charge on any atom is -0.334 e. The van der Waals surface area contributed by atoms with Crippen molar-refractivity contribution in [2.75, 3.05) is 24.6 Å². The van der Waals surface area contributed by atoms with Crippen molar-refractivity contribution in [1.29, 1.82) is 0 Å². The third kappa shape index (κ3) is 3.84. The Morgan fingerprint density at radius 1 is 1.48 bits per heavy atom. The predicted molar refractivity (Wildman–Crippen MR) is 81.5 cm³/mol. The highest BCUT2D eigenvalue weighted by molar-refractivity contribution is 7.91. The van der Waals surface area contributed by atoms with Crippen LogP contribution in [0.1, 0.15) is 22.8 Å². The molecular formula is C15H18N2O3S. The zero-order valence-corrected chi connectivity index (χ0v) is 12.7. The topological polar surface area (TPSA) is 80.5 Å². The van der Waals surface area contributed by atoms with E-state index in [1.165, 1.54) is 0 Å². The van der Waals surface area contributed by atoms with Gasteiger partial charge in [0.1, 0.15) is 0 Å². The summed E-state index contributed by atoms with van der Waals surface area (Å²) in [7, 11) is -3.03. The first kappa shape index (κ1) is 15.5. The fourth-order valence-corrected chi connectivity index (χ4v) is 3.91. The van der Waals surface area contributed by atoms with Crippen molar-refractivity contribution >= 4 is 15.7 Å². The molecule has 6 heteroatoms. The molecule has 0 aliphatic carbocycles. The van der Waals surface area contributed by atoms with Gasteiger partial charge in [-0.05, 0) is 25.1 Å². The van der Waals surface area contributed by atoms with Gasteiger partial charge in [-0.15, -0.1) is 0 Å². The lowest BCUT2D eigenvalue weighted by atomic mass is 10.1. The number of benzene rings is 1. The number of nitrogens with zero attached hydrogens (tertiary/aromatic N) is 1. The average molecular weight is 306 g/mol. The average Bonchev–Trinajstić information content (AvgIpc) is 2.44. The number of hydrogen-bond acceptors (Lipinski definition) is 4. The van der Waals surface area contributed by atoms with Gasteiger partial charge in [-0.2, -0.15) is 0 Å². The van der Waals surface area contributed by atoms with Crippen molar-refractivity contribution in [2.45, 2.75) is 13.0 Å². The normalized spacial score (nSPS) is 20.5. The van der Waals surface area contributed by atoms with Crippen LogP contribution in [0.3, 0.4) is 0 Å². The zero-order chi connectivity index (χ0) is 15.5. The Kier molecular flexibility index (Phi) is 4.66. The molecule has 0 spiro atoms. The lowest BCUT2D eigenvalue weighted by Crippen LogP contribution is -2.49. The van der Waals surface area contributed by atoms with Crippen LogP contribution in [0.2, 0.25) is 0 Å². The molecule has 1 fully saturated rings. The third-order valence-corrected chi connectivity index (χ3v) is 5.17. The number of nitrogens with two attached hydrogens (primary N) is 1. The highest BCUT2D eigenvalue weighted by Crippen LogP contribution is 2.16. The molecule has 1 heterocycles. The Morgan fingerprint density at radius 2 is 2.24 bits per heavy atom. The fraction of sp³-hybridized carbons (Fsp3) is 0.400. The van der Waals surface area contributed by atoms with E-state index in [1.54, 1.807) is 30.0 Å². The largest absolute Gasteiger partial charge is 0.334 e. The Labute approximate surface area is 125 Å². The van der Waals surface area contributed by atoms with Crippen molar-refractivity contribution in [3.8, 4) is 11.8 Å². The Balaban J connectivity index is 2.20. The third-order valence-electron chi connectivity index (χ3n) is 3.38. The Hall–Kier alpha value is -1.84. The molecule has 1 aliphatic heterocycles. The van der Waals surface area contributed by atoms with Gasteiger partial charge in [0, 0.05) is 23.7 Å². The van der Waals surface area contributed by atoms with E-state index in [4.69, 9.17) is 5.73 Å². The molecule has 0 bridgehead atoms. The monoisotopic (exact) mass is 306 g/mol. The van der Waals surface area contributed by atoms with Crippen LogP contribution >= 0.6 is 0 Å². The number of amides is 1. The van der Waals surface area contributed by atoms with Crippen LogP contribution in [-0.2, 0) is 9.84 Å². The van der Waals surface area contributed by atoms with E-state index in [0.29, 0.717) is 5.56 Å². The van der Waals surface area contributed by atoms with E-state index in [-0.39, 0.29) is 36.5 Å². The molecule has 5 nitrogen and oxygen atoms in total. The lowest BCUT2D eigenvalue weighted by Gasteiger charge is -2.33. The minimum absolute atomic E-state index is 0.0193. The van der Waals surface area contributed by atoms with E-state index >= 15 is 0 Å². The molecule has 0 saturated carbocycles. The van der Waals surface area contributed by atoms with Gasteiger partial charge in [-0.3, -0.25) is 4.79 Å². The lowest BCUT2D eigenvalue weighted by molar-refractivity contribution is 0.0712. The van der Waals surface area contributed by atoms with Crippen LogP contribution in [0.25, 0.3) is 0 Å². The molecule has 0 aromatic heterocycles. The fourth-order valence-electron chi connectivity index (χ4n) is 2.35. The van der Waals surface area contributed by atoms with Crippen LogP contribution in [-0.4, -0.2) is 49.9 Å². The van der Waals surface area contributed by atoms with E-state index in [0.717, 1.165) is 5.56 Å². The zero-order valence-electron chi connectivity index (χ0n) is 11.9. The van der Waals surface area contributed by atoms with Gasteiger partial charge in [0.25, 0.3) is 5.91 Å². The van der Waals surface area contributed by atoms with Gasteiger partial charge in [0.15, 0.2) is 9.84 Å². The molecule has 2 N–H and O–H groups in total. The van der Waals surface area contributed by atoms with Gasteiger partial charge in [-0.25, -0.2) is 8.42 Å². The second-order valence-electron chi connectivity index (χ2n) is 5.05. The van der Waals surface area contributed by atoms with E-state index in [9.17, 15) is 13.2 Å². The standard InChI is InChI=1S/C15H18N2O3S/c1-12-11-21(19,20)9-8-17(12)15(18)14-6-2-4-13(10-14)5-3-7-16/h2,4,6,10,12H,7-9,11,16H2,1H3. The molecule has 1 saturated heterocycles. The molecule has 1 aliphatic rings. The Morgan fingerprint density at radius 3 is 2.90 bits per heavy atom. The summed E-state index contributed by atoms with van der Waals surface area (Å²) in [6.45, 7) is 2.26. The molecule has 1 unspecified atom stereocenters. The van der Waals surface area contributed by atoms with Crippen LogP contribution < -0.4 is 5.73 Å². The van der Waals surface area contributed by atoms with Gasteiger partial charge in [0.05, 0.1) is 18.1 Å². The molecule has 21 heavy (non-hydrogen) atoms. The summed E-state index contributed by atoms with van der Waals surface area (Å²) in [6.07, 6.45) is 0. The maximum absolute atomic E-state index is 12.5. The molecule has 0 radical (unpaired) electrons. The van der Waals surface area contributed by atoms with Crippen LogP contribution in [0, 0.1) is 11.8 Å². The second-order valence-corrected chi connectivity index (χ2v) is 7.28. The van der Waals surface area contributed by atoms with Crippen molar-refractivity contribution < 1.29 is 13.2 Å². The Bertz CT molecular complexity index is 701. The van der Waals surface area contributed by atoms with Crippen LogP contribution in [0.5, 0.6) is 0 Å². The number of carbonyl (C=O) groups is 1. The molecule has 1 aromatic carbocycles. The van der Waals surface area contributed by atoms with Crippen molar-refractivity contribution in [3.05, 3.63) is 35.4 Å². The van der Waals surface area contributed by atoms with Crippen molar-refractivity contribution in [2.24, 2.45) is 5.73 Å². The van der Waals surface area contributed by atoms with E-state index < -0.39 is 9.84 Å². The summed E-state index contributed by atoms with van der Waals surface area (Å²) in [5.41, 5.74) is 6.57. The number of hydrogen-bond donors (Lipinski definition) is 1. The summed E-state index contributed by atoms with van der Waals surface area (Å²) in [5.74, 6) is 5.51. The second kappa shape index (κ2) is 6.29. The molecule has 1 amide bonds. The van der Waals surface area contributed by atoms with Gasteiger partial charge >= 0.3 is 0 Å². The van der Waals surface area contributed by atoms with Gasteiger partial charge < -0.3 is 10.6 Å². The quantitative estimate of drug-likeness (QED) is 0.755. The highest BCUT2D eigenvalue weighted by atomic mass is 32.2. The molecule has 1 atom stereocenters. The number of carbonyl (C=O) groups excluding carboxylic acids is 1. The molecule has 112 valence electrons. The SMILES string of the molecule is CC1CS(=O)(=O)CCN1C(=O)c1cccc(C#CCN)c1. The van der Waals surface area contributed by atoms with Crippen LogP contribution in [0.4, 0.5) is 0 Å². The summed E-state index contributed by atoms with van der Waals surface area (Å²) in [4.78, 5) is 14.1. The maximum Gasteiger partial charge on any atom is 0.254 e. The predicted octanol–water partition coefficient (Wildman–Crippen LogP) is 0.256. The van der Waals surface area contributed by atoms with Gasteiger partial charge in [0.2, 0.25) is 0 Å².